The minimum Gasteiger partial charge on any atom is -0.400 e. The van der Waals surface area contributed by atoms with Gasteiger partial charge in [-0.15, -0.1) is 0 Å². The molecule has 3 heteroatoms. The van der Waals surface area contributed by atoms with Gasteiger partial charge in [0, 0.05) is 11.8 Å². The molecule has 0 aromatic carbocycles. The molecule has 10 heavy (non-hydrogen) atoms. The van der Waals surface area contributed by atoms with Gasteiger partial charge in [0.15, 0.2) is 5.78 Å². The molecule has 0 amide bonds. The number of nitrogens with two attached hydrogens (primary N) is 1. The van der Waals surface area contributed by atoms with Crippen molar-refractivity contribution < 1.29 is 9.53 Å². The zero-order valence-corrected chi connectivity index (χ0v) is 6.18. The summed E-state index contributed by atoms with van der Waals surface area (Å²) in [7, 11) is 0. The normalized spacial score (nSPS) is 24.2. The maximum absolute atomic E-state index is 10.7. The predicted molar refractivity (Wildman–Crippen MR) is 37.3 cm³/mol. The fourth-order valence-corrected chi connectivity index (χ4v) is 0.724. The summed E-state index contributed by atoms with van der Waals surface area (Å²) in [6.45, 7) is 3.82. The fraction of sp³-hybridized carbons (Fsp3) is 0.571. The quantitative estimate of drug-likeness (QED) is 0.524. The Morgan fingerprint density at radius 3 is 2.70 bits per heavy atom. The van der Waals surface area contributed by atoms with Crippen LogP contribution in [0.4, 0.5) is 0 Å². The van der Waals surface area contributed by atoms with E-state index in [1.807, 2.05) is 13.8 Å². The van der Waals surface area contributed by atoms with Crippen LogP contribution >= 0.6 is 0 Å². The van der Waals surface area contributed by atoms with Gasteiger partial charge in [-0.05, 0) is 13.8 Å². The lowest BCUT2D eigenvalue weighted by Gasteiger charge is -2.28. The van der Waals surface area contributed by atoms with Crippen molar-refractivity contribution in [3.05, 3.63) is 11.8 Å². The van der Waals surface area contributed by atoms with Gasteiger partial charge in [-0.2, -0.15) is 0 Å². The Morgan fingerprint density at radius 2 is 2.30 bits per heavy atom. The van der Waals surface area contributed by atoms with Crippen LogP contribution in [0.15, 0.2) is 11.8 Å². The lowest BCUT2D eigenvalue weighted by Crippen LogP contribution is -2.38. The first-order chi connectivity index (χ1) is 4.52. The lowest BCUT2D eigenvalue weighted by molar-refractivity contribution is -0.125. The second kappa shape index (κ2) is 2.09. The molecule has 1 aliphatic rings. The molecule has 1 aliphatic heterocycles. The van der Waals surface area contributed by atoms with E-state index in [4.69, 9.17) is 10.5 Å². The third kappa shape index (κ3) is 1.19. The molecule has 0 atom stereocenters. The molecule has 0 spiro atoms. The molecular formula is C7H11NO2. The van der Waals surface area contributed by atoms with E-state index in [2.05, 4.69) is 0 Å². The van der Waals surface area contributed by atoms with Crippen LogP contribution in [-0.2, 0) is 9.53 Å². The van der Waals surface area contributed by atoms with Crippen molar-refractivity contribution >= 4 is 5.78 Å². The number of rotatable bonds is 0. The van der Waals surface area contributed by atoms with Gasteiger partial charge in [-0.25, -0.2) is 0 Å². The van der Waals surface area contributed by atoms with Gasteiger partial charge < -0.3 is 10.5 Å². The molecule has 0 radical (unpaired) electrons. The summed E-state index contributed by atoms with van der Waals surface area (Å²) in [4.78, 5) is 10.7. The molecule has 0 aromatic heterocycles. The second-order valence-corrected chi connectivity index (χ2v) is 2.86. The molecule has 0 unspecified atom stereocenters. The zero-order chi connectivity index (χ0) is 7.78. The Balaban J connectivity index is 2.88. The Hall–Kier alpha value is -0.830. The highest BCUT2D eigenvalue weighted by atomic mass is 16.5. The van der Waals surface area contributed by atoms with Crippen LogP contribution in [0.3, 0.4) is 0 Å². The van der Waals surface area contributed by atoms with Gasteiger partial charge in [0.05, 0.1) is 0 Å². The number of carbonyl (C=O) groups excluding carboxylic acids is 1. The maximum Gasteiger partial charge on any atom is 0.183 e. The van der Waals surface area contributed by atoms with Crippen LogP contribution in [-0.4, -0.2) is 18.0 Å². The Morgan fingerprint density at radius 1 is 1.70 bits per heavy atom. The van der Waals surface area contributed by atoms with Crippen LogP contribution in [0.2, 0.25) is 0 Å². The van der Waals surface area contributed by atoms with Gasteiger partial charge in [0.1, 0.15) is 12.2 Å². The molecule has 56 valence electrons. The standard InChI is InChI=1S/C7H11NO2/c1-7(2)6(8)3-5(9)4-10-7/h3H,4,8H2,1-2H3. The van der Waals surface area contributed by atoms with Gasteiger partial charge in [-0.1, -0.05) is 0 Å². The Labute approximate surface area is 59.8 Å². The number of hydrogen-bond acceptors (Lipinski definition) is 3. The average Bonchev–Trinajstić information content (AvgIpc) is 1.81. The van der Waals surface area contributed by atoms with Gasteiger partial charge in [0.25, 0.3) is 0 Å². The molecule has 0 aliphatic carbocycles. The molecule has 1 heterocycles. The van der Waals surface area contributed by atoms with E-state index in [-0.39, 0.29) is 12.4 Å². The number of ketones is 1. The van der Waals surface area contributed by atoms with Crippen molar-refractivity contribution in [1.29, 1.82) is 0 Å². The summed E-state index contributed by atoms with van der Waals surface area (Å²) in [6, 6.07) is 0. The topological polar surface area (TPSA) is 52.3 Å². The number of hydrogen-bond donors (Lipinski definition) is 1. The van der Waals surface area contributed by atoms with Crippen molar-refractivity contribution in [2.75, 3.05) is 6.61 Å². The predicted octanol–water partition coefficient (Wildman–Crippen LogP) is 0.207. The van der Waals surface area contributed by atoms with E-state index >= 15 is 0 Å². The number of carbonyl (C=O) groups is 1. The summed E-state index contributed by atoms with van der Waals surface area (Å²) in [5.41, 5.74) is 5.56. The first-order valence-corrected chi connectivity index (χ1v) is 3.17. The van der Waals surface area contributed by atoms with E-state index < -0.39 is 5.60 Å². The van der Waals surface area contributed by atoms with Crippen LogP contribution in [0.5, 0.6) is 0 Å². The van der Waals surface area contributed by atoms with E-state index in [1.165, 1.54) is 6.08 Å². The van der Waals surface area contributed by atoms with Crippen molar-refractivity contribution in [2.24, 2.45) is 5.73 Å². The Bertz CT molecular complexity index is 194. The fourth-order valence-electron chi connectivity index (χ4n) is 0.724. The molecular weight excluding hydrogens is 130 g/mol. The SMILES string of the molecule is CC1(C)OCC(=O)C=C1N. The first kappa shape index (κ1) is 7.28. The third-order valence-electron chi connectivity index (χ3n) is 1.59. The molecule has 0 aromatic rings. The summed E-state index contributed by atoms with van der Waals surface area (Å²) in [6.07, 6.45) is 1.43. The molecule has 0 bridgehead atoms. The molecule has 1 rings (SSSR count). The largest absolute Gasteiger partial charge is 0.400 e. The lowest BCUT2D eigenvalue weighted by atomic mass is 10.0. The van der Waals surface area contributed by atoms with E-state index in [1.54, 1.807) is 0 Å². The van der Waals surface area contributed by atoms with Crippen LogP contribution in [0.25, 0.3) is 0 Å². The van der Waals surface area contributed by atoms with Crippen molar-refractivity contribution in [2.45, 2.75) is 19.4 Å². The molecule has 0 fully saturated rings. The van der Waals surface area contributed by atoms with Gasteiger partial charge in [-0.3, -0.25) is 4.79 Å². The van der Waals surface area contributed by atoms with E-state index in [0.717, 1.165) is 0 Å². The molecule has 3 nitrogen and oxygen atoms in total. The summed E-state index contributed by atoms with van der Waals surface area (Å²) >= 11 is 0. The van der Waals surface area contributed by atoms with Crippen LogP contribution in [0, 0.1) is 0 Å². The summed E-state index contributed by atoms with van der Waals surface area (Å²) in [5.74, 6) is -0.0585. The van der Waals surface area contributed by atoms with Crippen molar-refractivity contribution in [1.82, 2.24) is 0 Å². The molecule has 0 saturated heterocycles. The third-order valence-corrected chi connectivity index (χ3v) is 1.59. The van der Waals surface area contributed by atoms with Crippen molar-refractivity contribution in [3.63, 3.8) is 0 Å². The second-order valence-electron chi connectivity index (χ2n) is 2.86. The van der Waals surface area contributed by atoms with Gasteiger partial charge >= 0.3 is 0 Å². The first-order valence-electron chi connectivity index (χ1n) is 3.17. The van der Waals surface area contributed by atoms with Crippen LogP contribution in [0.1, 0.15) is 13.8 Å². The van der Waals surface area contributed by atoms with Gasteiger partial charge in [0.2, 0.25) is 0 Å². The molecule has 2 N–H and O–H groups in total. The van der Waals surface area contributed by atoms with E-state index in [9.17, 15) is 4.79 Å². The average molecular weight is 141 g/mol. The van der Waals surface area contributed by atoms with Crippen molar-refractivity contribution in [3.8, 4) is 0 Å². The minimum atomic E-state index is -0.464. The Kier molecular flexibility index (Phi) is 1.52. The molecule has 0 saturated carbocycles. The van der Waals surface area contributed by atoms with Crippen LogP contribution < -0.4 is 5.73 Å². The highest BCUT2D eigenvalue weighted by Crippen LogP contribution is 2.19. The van der Waals surface area contributed by atoms with E-state index in [0.29, 0.717) is 5.70 Å². The highest BCUT2D eigenvalue weighted by molar-refractivity contribution is 5.92. The summed E-state index contributed by atoms with van der Waals surface area (Å²) in [5, 5.41) is 0. The minimum absolute atomic E-state index is 0.0585. The zero-order valence-electron chi connectivity index (χ0n) is 6.18. The maximum atomic E-state index is 10.7. The summed E-state index contributed by atoms with van der Waals surface area (Å²) < 4.78 is 5.15. The highest BCUT2D eigenvalue weighted by Gasteiger charge is 2.27. The smallest absolute Gasteiger partial charge is 0.183 e. The monoisotopic (exact) mass is 141 g/mol. The number of ether oxygens (including phenoxy) is 1.